The van der Waals surface area contributed by atoms with E-state index >= 15 is 0 Å². The second-order valence-corrected chi connectivity index (χ2v) is 10.1. The molecule has 1 aliphatic carbocycles. The van der Waals surface area contributed by atoms with Gasteiger partial charge in [0.25, 0.3) is 5.91 Å². The lowest BCUT2D eigenvalue weighted by Crippen LogP contribution is -2.48. The number of carbonyl (C=O) groups excluding carboxylic acids is 2. The first-order chi connectivity index (χ1) is 17.0. The summed E-state index contributed by atoms with van der Waals surface area (Å²) >= 11 is 1.26. The number of para-hydroxylation sites is 1. The number of benzene rings is 2. The topological polar surface area (TPSA) is 84.4 Å². The zero-order chi connectivity index (χ0) is 24.4. The van der Waals surface area contributed by atoms with E-state index in [1.54, 1.807) is 36.3 Å². The van der Waals surface area contributed by atoms with Crippen molar-refractivity contribution in [1.29, 1.82) is 0 Å². The van der Waals surface area contributed by atoms with Gasteiger partial charge in [0, 0.05) is 12.5 Å². The Bertz CT molecular complexity index is 1230. The molecule has 35 heavy (non-hydrogen) atoms. The molecule has 2 fully saturated rings. The summed E-state index contributed by atoms with van der Waals surface area (Å²) in [5, 5.41) is 12.2. The lowest BCUT2D eigenvalue weighted by atomic mass is 9.84. The van der Waals surface area contributed by atoms with E-state index in [9.17, 15) is 14.0 Å². The molecule has 1 aromatic heterocycles. The molecule has 7 nitrogen and oxygen atoms in total. The summed E-state index contributed by atoms with van der Waals surface area (Å²) in [7, 11) is 1.54. The van der Waals surface area contributed by atoms with Crippen molar-refractivity contribution in [3.63, 3.8) is 0 Å². The first kappa shape index (κ1) is 23.4. The first-order valence-corrected chi connectivity index (χ1v) is 12.7. The van der Waals surface area contributed by atoms with Crippen molar-refractivity contribution in [2.45, 2.75) is 50.6 Å². The van der Waals surface area contributed by atoms with Crippen LogP contribution in [0.2, 0.25) is 0 Å². The van der Waals surface area contributed by atoms with Crippen LogP contribution in [-0.2, 0) is 11.2 Å². The number of amides is 2. The highest BCUT2D eigenvalue weighted by molar-refractivity contribution is 7.15. The van der Waals surface area contributed by atoms with Gasteiger partial charge in [-0.1, -0.05) is 48.4 Å². The van der Waals surface area contributed by atoms with Crippen LogP contribution in [0.4, 0.5) is 9.52 Å². The third-order valence-corrected chi connectivity index (χ3v) is 7.74. The Labute approximate surface area is 207 Å². The van der Waals surface area contributed by atoms with Gasteiger partial charge in [-0.2, -0.15) is 0 Å². The van der Waals surface area contributed by atoms with Gasteiger partial charge in [-0.25, -0.2) is 4.39 Å². The highest BCUT2D eigenvalue weighted by atomic mass is 32.1. The molecule has 2 amide bonds. The van der Waals surface area contributed by atoms with E-state index in [4.69, 9.17) is 4.74 Å². The number of rotatable bonds is 6. The van der Waals surface area contributed by atoms with Crippen molar-refractivity contribution >= 4 is 28.3 Å². The molecule has 3 aromatic rings. The lowest BCUT2D eigenvalue weighted by Gasteiger charge is -2.33. The molecular formula is C26H27FN4O3S. The predicted octanol–water partition coefficient (Wildman–Crippen LogP) is 4.69. The third-order valence-electron chi connectivity index (χ3n) is 6.90. The van der Waals surface area contributed by atoms with E-state index in [1.165, 1.54) is 23.5 Å². The number of fused-ring (bicyclic) bond motifs is 1. The van der Waals surface area contributed by atoms with Gasteiger partial charge in [-0.15, -0.1) is 10.2 Å². The van der Waals surface area contributed by atoms with E-state index in [0.717, 1.165) is 31.2 Å². The number of ether oxygens (including phenoxy) is 1. The Morgan fingerprint density at radius 2 is 1.97 bits per heavy atom. The average molecular weight is 495 g/mol. The minimum absolute atomic E-state index is 0.0369. The Morgan fingerprint density at radius 1 is 1.14 bits per heavy atom. The molecule has 0 radical (unpaired) electrons. The molecule has 2 aliphatic rings. The summed E-state index contributed by atoms with van der Waals surface area (Å²) in [5.41, 5.74) is 1.25. The van der Waals surface area contributed by atoms with E-state index < -0.39 is 6.04 Å². The Hall–Kier alpha value is -3.33. The number of nitrogens with zero attached hydrogens (tertiary/aromatic N) is 3. The summed E-state index contributed by atoms with van der Waals surface area (Å²) in [6.07, 6.45) is 5.13. The van der Waals surface area contributed by atoms with Gasteiger partial charge >= 0.3 is 0 Å². The maximum absolute atomic E-state index is 13.7. The van der Waals surface area contributed by atoms with E-state index in [-0.39, 0.29) is 23.7 Å². The highest BCUT2D eigenvalue weighted by Gasteiger charge is 2.48. The van der Waals surface area contributed by atoms with Gasteiger partial charge < -0.3 is 9.64 Å². The number of halogens is 1. The zero-order valence-electron chi connectivity index (χ0n) is 19.4. The molecule has 1 saturated carbocycles. The van der Waals surface area contributed by atoms with Crippen LogP contribution in [0, 0.1) is 11.7 Å². The van der Waals surface area contributed by atoms with Gasteiger partial charge in [0.05, 0.1) is 12.7 Å². The van der Waals surface area contributed by atoms with Crippen LogP contribution in [0.3, 0.4) is 0 Å². The molecule has 5 rings (SSSR count). The zero-order valence-corrected chi connectivity index (χ0v) is 20.3. The predicted molar refractivity (Wildman–Crippen MR) is 131 cm³/mol. The summed E-state index contributed by atoms with van der Waals surface area (Å²) in [4.78, 5) is 28.9. The number of hydrogen-bond acceptors (Lipinski definition) is 6. The smallest absolute Gasteiger partial charge is 0.258 e. The van der Waals surface area contributed by atoms with Gasteiger partial charge in [0.2, 0.25) is 11.0 Å². The molecule has 9 heteroatoms. The number of likely N-dealkylation sites (tertiary alicyclic amines) is 1. The number of nitrogens with one attached hydrogen (secondary N) is 1. The molecule has 1 aliphatic heterocycles. The summed E-state index contributed by atoms with van der Waals surface area (Å²) in [6.45, 7) is 0. The van der Waals surface area contributed by atoms with Gasteiger partial charge in [0.1, 0.15) is 22.6 Å². The monoisotopic (exact) mass is 494 g/mol. The van der Waals surface area contributed by atoms with Crippen molar-refractivity contribution in [3.8, 4) is 5.75 Å². The Balaban J connectivity index is 1.35. The quantitative estimate of drug-likeness (QED) is 0.538. The van der Waals surface area contributed by atoms with E-state index in [2.05, 4.69) is 15.5 Å². The maximum atomic E-state index is 13.7. The summed E-state index contributed by atoms with van der Waals surface area (Å²) in [5.74, 6) is 0.0679. The second-order valence-electron chi connectivity index (χ2n) is 9.07. The molecule has 0 spiro atoms. The fourth-order valence-electron chi connectivity index (χ4n) is 5.33. The second kappa shape index (κ2) is 10.1. The first-order valence-electron chi connectivity index (χ1n) is 11.9. The summed E-state index contributed by atoms with van der Waals surface area (Å²) in [6, 6.07) is 12.9. The standard InChI is InChI=1S/C26H27FN4O3S/c1-34-22-12-5-3-10-19(22)25(33)31-20-11-4-2-8-17(20)15-21(31)24(32)28-26-30-29-23(35-26)14-16-7-6-9-18(27)13-16/h3,5-7,9-10,12-13,17,20-21H,2,4,8,11,14-15H2,1H3,(H,28,30,32). The fraction of sp³-hybridized carbons (Fsp3) is 0.385. The van der Waals surface area contributed by atoms with Crippen LogP contribution in [0.25, 0.3) is 0 Å². The molecule has 1 saturated heterocycles. The lowest BCUT2D eigenvalue weighted by molar-refractivity contribution is -0.120. The van der Waals surface area contributed by atoms with Crippen molar-refractivity contribution in [1.82, 2.24) is 15.1 Å². The van der Waals surface area contributed by atoms with Crippen molar-refractivity contribution in [2.75, 3.05) is 12.4 Å². The van der Waals surface area contributed by atoms with Crippen molar-refractivity contribution in [2.24, 2.45) is 5.92 Å². The fourth-order valence-corrected chi connectivity index (χ4v) is 6.11. The van der Waals surface area contributed by atoms with Gasteiger partial charge in [0.15, 0.2) is 0 Å². The number of carbonyl (C=O) groups is 2. The highest BCUT2D eigenvalue weighted by Crippen LogP contribution is 2.41. The van der Waals surface area contributed by atoms with Gasteiger partial charge in [-0.05, 0) is 55.0 Å². The Kier molecular flexibility index (Phi) is 6.77. The molecule has 1 N–H and O–H groups in total. The molecule has 2 aromatic carbocycles. The molecule has 3 unspecified atom stereocenters. The molecule has 3 atom stereocenters. The maximum Gasteiger partial charge on any atom is 0.258 e. The third kappa shape index (κ3) is 4.91. The number of hydrogen-bond donors (Lipinski definition) is 1. The number of methoxy groups -OCH3 is 1. The minimum atomic E-state index is -0.587. The minimum Gasteiger partial charge on any atom is -0.496 e. The average Bonchev–Trinajstić information content (AvgIpc) is 3.47. The largest absolute Gasteiger partial charge is 0.496 e. The van der Waals surface area contributed by atoms with Crippen LogP contribution >= 0.6 is 11.3 Å². The van der Waals surface area contributed by atoms with Gasteiger partial charge in [-0.3, -0.25) is 14.9 Å². The Morgan fingerprint density at radius 3 is 2.80 bits per heavy atom. The number of aromatic nitrogens is 2. The van der Waals surface area contributed by atoms with Crippen LogP contribution in [0.1, 0.15) is 53.0 Å². The van der Waals surface area contributed by atoms with Crippen LogP contribution in [-0.4, -0.2) is 46.1 Å². The normalized spacial score (nSPS) is 21.4. The molecule has 182 valence electrons. The SMILES string of the molecule is COc1ccccc1C(=O)N1C(C(=O)Nc2nnc(Cc3cccc(F)c3)s2)CC2CCCCC21. The van der Waals surface area contributed by atoms with E-state index in [0.29, 0.717) is 40.2 Å². The number of anilines is 1. The molecule has 0 bridgehead atoms. The van der Waals surface area contributed by atoms with Crippen molar-refractivity contribution < 1.29 is 18.7 Å². The van der Waals surface area contributed by atoms with Crippen LogP contribution in [0.5, 0.6) is 5.75 Å². The summed E-state index contributed by atoms with van der Waals surface area (Å²) < 4.78 is 18.9. The van der Waals surface area contributed by atoms with Crippen LogP contribution in [0.15, 0.2) is 48.5 Å². The van der Waals surface area contributed by atoms with Crippen molar-refractivity contribution in [3.05, 3.63) is 70.5 Å². The molecular weight excluding hydrogens is 467 g/mol. The van der Waals surface area contributed by atoms with E-state index in [1.807, 2.05) is 12.1 Å². The van der Waals surface area contributed by atoms with Crippen LogP contribution < -0.4 is 10.1 Å². The molecule has 2 heterocycles.